The first kappa shape index (κ1) is 7.29. The van der Waals surface area contributed by atoms with E-state index in [1.54, 1.807) is 0 Å². The molecule has 54 valence electrons. The minimum absolute atomic E-state index is 1.24. The van der Waals surface area contributed by atoms with Crippen molar-refractivity contribution >= 4 is 0 Å². The van der Waals surface area contributed by atoms with Crippen molar-refractivity contribution in [2.24, 2.45) is 0 Å². The number of fused-ring (bicyclic) bond motifs is 1. The van der Waals surface area contributed by atoms with Crippen LogP contribution in [0.5, 0.6) is 0 Å². The first-order valence-electron chi connectivity index (χ1n) is 3.53. The minimum Gasteiger partial charge on any atom is -0.323 e. The molecular formula is C9H13N. The standard InChI is InChI=1S/C7H6.C2H7N/c1-2-4-7-5-6(7)3-1;1-3-2/h1-4H,5H2;3H,1-2H3. The van der Waals surface area contributed by atoms with E-state index in [1.807, 2.05) is 14.1 Å². The molecule has 0 radical (unpaired) electrons. The van der Waals surface area contributed by atoms with Crippen LogP contribution in [0.2, 0.25) is 0 Å². The van der Waals surface area contributed by atoms with Crippen LogP contribution in [0, 0.1) is 0 Å². The van der Waals surface area contributed by atoms with Crippen LogP contribution in [-0.4, -0.2) is 14.1 Å². The molecule has 1 aliphatic rings. The molecule has 0 fully saturated rings. The second kappa shape index (κ2) is 3.37. The van der Waals surface area contributed by atoms with Gasteiger partial charge in [0.1, 0.15) is 0 Å². The van der Waals surface area contributed by atoms with Gasteiger partial charge in [0.15, 0.2) is 0 Å². The summed E-state index contributed by atoms with van der Waals surface area (Å²) in [6, 6.07) is 8.53. The lowest BCUT2D eigenvalue weighted by atomic mass is 10.4. The van der Waals surface area contributed by atoms with E-state index in [4.69, 9.17) is 0 Å². The van der Waals surface area contributed by atoms with Gasteiger partial charge in [0.25, 0.3) is 0 Å². The maximum absolute atomic E-state index is 2.75. The quantitative estimate of drug-likeness (QED) is 0.576. The highest BCUT2D eigenvalue weighted by Crippen LogP contribution is 2.25. The van der Waals surface area contributed by atoms with Crippen LogP contribution in [0.1, 0.15) is 11.1 Å². The maximum atomic E-state index is 2.75. The molecule has 0 spiro atoms. The van der Waals surface area contributed by atoms with Crippen molar-refractivity contribution in [2.75, 3.05) is 14.1 Å². The highest BCUT2D eigenvalue weighted by Gasteiger charge is 2.12. The molecule has 1 N–H and O–H groups in total. The third-order valence-electron chi connectivity index (χ3n) is 1.37. The SMILES string of the molecule is CNC.c1ccc2c(c1)C2. The lowest BCUT2D eigenvalue weighted by Gasteiger charge is -1.69. The zero-order valence-electron chi connectivity index (χ0n) is 6.52. The van der Waals surface area contributed by atoms with Gasteiger partial charge in [-0.3, -0.25) is 0 Å². The molecule has 0 heterocycles. The van der Waals surface area contributed by atoms with Crippen molar-refractivity contribution in [2.45, 2.75) is 6.42 Å². The Morgan fingerprint density at radius 1 is 1.10 bits per heavy atom. The summed E-state index contributed by atoms with van der Waals surface area (Å²) in [5.74, 6) is 0. The summed E-state index contributed by atoms with van der Waals surface area (Å²) < 4.78 is 0. The summed E-state index contributed by atoms with van der Waals surface area (Å²) in [5.41, 5.74) is 3.06. The second-order valence-corrected chi connectivity index (χ2v) is 2.45. The Labute approximate surface area is 62.1 Å². The van der Waals surface area contributed by atoms with Crippen LogP contribution in [0.15, 0.2) is 24.3 Å². The van der Waals surface area contributed by atoms with E-state index in [9.17, 15) is 0 Å². The average molecular weight is 135 g/mol. The Morgan fingerprint density at radius 2 is 1.50 bits per heavy atom. The van der Waals surface area contributed by atoms with Crippen molar-refractivity contribution in [1.29, 1.82) is 0 Å². The minimum atomic E-state index is 1.24. The third-order valence-corrected chi connectivity index (χ3v) is 1.37. The number of hydrogen-bond acceptors (Lipinski definition) is 1. The Bertz CT molecular complexity index is 185. The second-order valence-electron chi connectivity index (χ2n) is 2.45. The summed E-state index contributed by atoms with van der Waals surface area (Å²) in [7, 11) is 3.75. The summed E-state index contributed by atoms with van der Waals surface area (Å²) in [6.45, 7) is 0. The molecule has 0 unspecified atom stereocenters. The van der Waals surface area contributed by atoms with Crippen LogP contribution in [0.4, 0.5) is 0 Å². The van der Waals surface area contributed by atoms with Gasteiger partial charge in [-0.05, 0) is 31.6 Å². The lowest BCUT2D eigenvalue weighted by Crippen LogP contribution is -1.89. The molecule has 0 aliphatic heterocycles. The van der Waals surface area contributed by atoms with E-state index in [-0.39, 0.29) is 0 Å². The molecule has 0 aromatic heterocycles. The fourth-order valence-corrected chi connectivity index (χ4v) is 0.836. The summed E-state index contributed by atoms with van der Waals surface area (Å²) in [5, 5.41) is 2.75. The molecule has 0 saturated heterocycles. The maximum Gasteiger partial charge on any atom is -0.00201 e. The van der Waals surface area contributed by atoms with Gasteiger partial charge in [-0.1, -0.05) is 24.3 Å². The van der Waals surface area contributed by atoms with Gasteiger partial charge in [-0.15, -0.1) is 0 Å². The molecule has 1 aromatic carbocycles. The first-order chi connectivity index (χ1) is 4.88. The van der Waals surface area contributed by atoms with Gasteiger partial charge in [-0.25, -0.2) is 0 Å². The van der Waals surface area contributed by atoms with Crippen LogP contribution < -0.4 is 5.32 Å². The third kappa shape index (κ3) is 1.85. The smallest absolute Gasteiger partial charge is 0.00201 e. The molecule has 1 aromatic rings. The number of nitrogens with one attached hydrogen (secondary N) is 1. The zero-order chi connectivity index (χ0) is 7.40. The summed E-state index contributed by atoms with van der Waals surface area (Å²) >= 11 is 0. The van der Waals surface area contributed by atoms with Crippen molar-refractivity contribution < 1.29 is 0 Å². The molecule has 0 bridgehead atoms. The number of benzene rings is 1. The Hall–Kier alpha value is -0.820. The monoisotopic (exact) mass is 135 g/mol. The van der Waals surface area contributed by atoms with Crippen LogP contribution in [0.25, 0.3) is 0 Å². The Morgan fingerprint density at radius 3 is 1.80 bits per heavy atom. The predicted molar refractivity (Wildman–Crippen MR) is 44.2 cm³/mol. The fourth-order valence-electron chi connectivity index (χ4n) is 0.836. The number of hydrogen-bond donors (Lipinski definition) is 1. The van der Waals surface area contributed by atoms with E-state index in [2.05, 4.69) is 29.6 Å². The van der Waals surface area contributed by atoms with E-state index in [0.29, 0.717) is 0 Å². The van der Waals surface area contributed by atoms with Gasteiger partial charge in [0.2, 0.25) is 0 Å². The summed E-state index contributed by atoms with van der Waals surface area (Å²) in [6.07, 6.45) is 1.24. The van der Waals surface area contributed by atoms with Crippen molar-refractivity contribution in [3.63, 3.8) is 0 Å². The fraction of sp³-hybridized carbons (Fsp3) is 0.333. The highest BCUT2D eigenvalue weighted by molar-refractivity contribution is 5.44. The first-order valence-corrected chi connectivity index (χ1v) is 3.53. The molecule has 0 atom stereocenters. The van der Waals surface area contributed by atoms with Crippen molar-refractivity contribution in [1.82, 2.24) is 5.32 Å². The normalized spacial score (nSPS) is 11.0. The van der Waals surface area contributed by atoms with Gasteiger partial charge in [0.05, 0.1) is 0 Å². The van der Waals surface area contributed by atoms with E-state index < -0.39 is 0 Å². The van der Waals surface area contributed by atoms with E-state index in [1.165, 1.54) is 17.5 Å². The van der Waals surface area contributed by atoms with Gasteiger partial charge in [-0.2, -0.15) is 0 Å². The van der Waals surface area contributed by atoms with E-state index >= 15 is 0 Å². The largest absolute Gasteiger partial charge is 0.323 e. The van der Waals surface area contributed by atoms with Crippen LogP contribution in [-0.2, 0) is 6.42 Å². The molecule has 10 heavy (non-hydrogen) atoms. The van der Waals surface area contributed by atoms with Gasteiger partial charge in [0, 0.05) is 0 Å². The topological polar surface area (TPSA) is 12.0 Å². The number of rotatable bonds is 0. The molecule has 0 saturated carbocycles. The Balaban J connectivity index is 0.000000148. The molecule has 1 aliphatic carbocycles. The van der Waals surface area contributed by atoms with E-state index in [0.717, 1.165) is 0 Å². The average Bonchev–Trinajstić information content (AvgIpc) is 2.66. The van der Waals surface area contributed by atoms with Gasteiger partial charge < -0.3 is 5.32 Å². The van der Waals surface area contributed by atoms with Crippen LogP contribution >= 0.6 is 0 Å². The van der Waals surface area contributed by atoms with Crippen LogP contribution in [0.3, 0.4) is 0 Å². The highest BCUT2D eigenvalue weighted by atomic mass is 14.7. The lowest BCUT2D eigenvalue weighted by molar-refractivity contribution is 1.02. The molecule has 2 rings (SSSR count). The Kier molecular flexibility index (Phi) is 2.46. The molecule has 0 amide bonds. The van der Waals surface area contributed by atoms with Gasteiger partial charge >= 0.3 is 0 Å². The van der Waals surface area contributed by atoms with Crippen molar-refractivity contribution in [3.05, 3.63) is 35.4 Å². The van der Waals surface area contributed by atoms with Crippen molar-refractivity contribution in [3.8, 4) is 0 Å². The molecule has 1 nitrogen and oxygen atoms in total. The molecular weight excluding hydrogens is 122 g/mol. The predicted octanol–water partition coefficient (Wildman–Crippen LogP) is 1.43. The molecule has 1 heteroatoms. The zero-order valence-corrected chi connectivity index (χ0v) is 6.52. The summed E-state index contributed by atoms with van der Waals surface area (Å²) in [4.78, 5) is 0.